The predicted octanol–water partition coefficient (Wildman–Crippen LogP) is 2.16. The molecule has 122 valence electrons. The molecule has 2 aromatic carbocycles. The van der Waals surface area contributed by atoms with Crippen molar-refractivity contribution in [2.75, 3.05) is 0 Å². The van der Waals surface area contributed by atoms with Gasteiger partial charge in [0.05, 0.1) is 0 Å². The quantitative estimate of drug-likeness (QED) is 0.630. The summed E-state index contributed by atoms with van der Waals surface area (Å²) in [5.74, 6) is 0. The average Bonchev–Trinajstić information content (AvgIpc) is 2.55. The van der Waals surface area contributed by atoms with E-state index < -0.39 is 7.32 Å². The third-order valence-corrected chi connectivity index (χ3v) is 7.28. The first-order chi connectivity index (χ1) is 11.0. The minimum Gasteiger partial charge on any atom is -0.402 e. The Morgan fingerprint density at radius 2 is 0.913 bits per heavy atom. The summed E-state index contributed by atoms with van der Waals surface area (Å²) in [6, 6.07) is 18.4. The third kappa shape index (κ3) is 9.15. The smallest absolute Gasteiger partial charge is 0.402 e. The van der Waals surface area contributed by atoms with Crippen LogP contribution in [0.1, 0.15) is 36.1 Å². The van der Waals surface area contributed by atoms with Gasteiger partial charge in [0.1, 0.15) is 0 Å². The van der Waals surface area contributed by atoms with E-state index in [1.54, 1.807) is 0 Å². The molecule has 0 aliphatic carbocycles. The summed E-state index contributed by atoms with van der Waals surface area (Å²) in [6.07, 6.45) is 2.29. The number of benzene rings is 2. The maximum absolute atomic E-state index is 7.17. The van der Waals surface area contributed by atoms with Gasteiger partial charge < -0.3 is 15.1 Å². The fourth-order valence-corrected chi connectivity index (χ4v) is 5.49. The van der Waals surface area contributed by atoms with Gasteiger partial charge in [0.15, 0.2) is 0 Å². The van der Waals surface area contributed by atoms with E-state index in [9.17, 15) is 0 Å². The van der Waals surface area contributed by atoms with Crippen LogP contribution in [-0.2, 0) is 21.7 Å². The monoisotopic (exact) mass is 420 g/mol. The molecule has 2 rings (SSSR count). The molecule has 3 N–H and O–H groups in total. The number of hydrogen-bond donors (Lipinski definition) is 3. The number of rotatable bonds is 6. The molecule has 0 heterocycles. The van der Waals surface area contributed by atoms with Crippen LogP contribution in [0.15, 0.2) is 48.5 Å². The molecule has 0 saturated carbocycles. The van der Waals surface area contributed by atoms with Crippen molar-refractivity contribution in [2.45, 2.75) is 35.6 Å². The first-order valence-corrected chi connectivity index (χ1v) is 12.0. The SMILES string of the molecule is CCc1ccc([CH2][Sn][CH2]c2ccc(CC)cc2)cc1.OB(O)O. The second-order valence-electron chi connectivity index (χ2n) is 5.29. The Labute approximate surface area is 149 Å². The zero-order valence-corrected chi connectivity index (χ0v) is 16.7. The summed E-state index contributed by atoms with van der Waals surface area (Å²) >= 11 is -0.304. The predicted molar refractivity (Wildman–Crippen MR) is 97.2 cm³/mol. The summed E-state index contributed by atoms with van der Waals surface area (Å²) in [5.41, 5.74) is 5.97. The van der Waals surface area contributed by atoms with Crippen LogP contribution in [0, 0.1) is 0 Å². The van der Waals surface area contributed by atoms with Crippen LogP contribution in [0.2, 0.25) is 0 Å². The van der Waals surface area contributed by atoms with Crippen LogP contribution in [0.5, 0.6) is 0 Å². The number of hydrogen-bond acceptors (Lipinski definition) is 3. The molecule has 0 amide bonds. The first kappa shape index (κ1) is 20.2. The van der Waals surface area contributed by atoms with E-state index in [4.69, 9.17) is 15.1 Å². The molecular weight excluding hydrogens is 394 g/mol. The molecular formula is C18H25BO3Sn. The van der Waals surface area contributed by atoms with Crippen molar-refractivity contribution in [1.29, 1.82) is 0 Å². The Kier molecular flexibility index (Phi) is 10.3. The van der Waals surface area contributed by atoms with E-state index in [1.165, 1.54) is 31.1 Å². The molecule has 0 spiro atoms. The van der Waals surface area contributed by atoms with Crippen LogP contribution >= 0.6 is 0 Å². The van der Waals surface area contributed by atoms with Crippen molar-refractivity contribution >= 4 is 28.5 Å². The van der Waals surface area contributed by atoms with Crippen LogP contribution in [-0.4, -0.2) is 43.5 Å². The third-order valence-electron chi connectivity index (χ3n) is 3.52. The van der Waals surface area contributed by atoms with Gasteiger partial charge in [-0.15, -0.1) is 0 Å². The van der Waals surface area contributed by atoms with Crippen molar-refractivity contribution in [3.05, 3.63) is 70.8 Å². The largest absolute Gasteiger partial charge is 0.631 e. The standard InChI is InChI=1S/2C9H11.BH3O3.Sn/c2*1-3-9-6-4-8(2)5-7-9;2-1(3)4;/h2*4-7H,2-3H2,1H3;2-4H;. The molecule has 3 nitrogen and oxygen atoms in total. The fourth-order valence-electron chi connectivity index (χ4n) is 2.14. The van der Waals surface area contributed by atoms with E-state index in [1.807, 2.05) is 0 Å². The topological polar surface area (TPSA) is 60.7 Å². The molecule has 2 radical (unpaired) electrons. The average molecular weight is 419 g/mol. The van der Waals surface area contributed by atoms with Gasteiger partial charge in [-0.1, -0.05) is 0 Å². The summed E-state index contributed by atoms with van der Waals surface area (Å²) in [7, 11) is -2.17. The first-order valence-electron chi connectivity index (χ1n) is 7.95. The Morgan fingerprint density at radius 3 is 1.17 bits per heavy atom. The molecule has 0 aliphatic heterocycles. The molecule has 0 atom stereocenters. The summed E-state index contributed by atoms with van der Waals surface area (Å²) in [4.78, 5) is 0. The minimum absolute atomic E-state index is 0.304. The summed E-state index contributed by atoms with van der Waals surface area (Å²) in [6.45, 7) is 4.43. The molecule has 0 bridgehead atoms. The second kappa shape index (κ2) is 11.7. The van der Waals surface area contributed by atoms with Gasteiger partial charge >= 0.3 is 135 Å². The van der Waals surface area contributed by atoms with E-state index in [2.05, 4.69) is 62.4 Å². The molecule has 5 heteroatoms. The maximum atomic E-state index is 7.17. The number of aryl methyl sites for hydroxylation is 2. The van der Waals surface area contributed by atoms with Gasteiger partial charge in [0.2, 0.25) is 0 Å². The van der Waals surface area contributed by atoms with Gasteiger partial charge in [0.25, 0.3) is 0 Å². The molecule has 23 heavy (non-hydrogen) atoms. The van der Waals surface area contributed by atoms with Gasteiger partial charge in [-0.3, -0.25) is 0 Å². The minimum atomic E-state index is -2.17. The Morgan fingerprint density at radius 1 is 0.652 bits per heavy atom. The Hall–Kier alpha value is -0.816. The Bertz CT molecular complexity index is 491. The van der Waals surface area contributed by atoms with Crippen LogP contribution < -0.4 is 0 Å². The second-order valence-corrected chi connectivity index (χ2v) is 8.74. The van der Waals surface area contributed by atoms with E-state index in [0.29, 0.717) is 0 Å². The van der Waals surface area contributed by atoms with Crippen molar-refractivity contribution in [3.8, 4) is 0 Å². The van der Waals surface area contributed by atoms with E-state index >= 15 is 0 Å². The van der Waals surface area contributed by atoms with Gasteiger partial charge in [-0.2, -0.15) is 0 Å². The summed E-state index contributed by atoms with van der Waals surface area (Å²) in [5, 5.41) is 21.5. The Balaban J connectivity index is 0.000000593. The maximum Gasteiger partial charge on any atom is 0.631 e. The molecule has 0 unspecified atom stereocenters. The van der Waals surface area contributed by atoms with Crippen molar-refractivity contribution < 1.29 is 15.1 Å². The molecule has 0 aliphatic rings. The zero-order chi connectivity index (χ0) is 17.1. The van der Waals surface area contributed by atoms with Gasteiger partial charge in [0, 0.05) is 0 Å². The van der Waals surface area contributed by atoms with Crippen molar-refractivity contribution in [1.82, 2.24) is 0 Å². The molecule has 0 saturated heterocycles. The van der Waals surface area contributed by atoms with Crippen LogP contribution in [0.3, 0.4) is 0 Å². The van der Waals surface area contributed by atoms with Gasteiger partial charge in [-0.25, -0.2) is 0 Å². The zero-order valence-electron chi connectivity index (χ0n) is 13.9. The van der Waals surface area contributed by atoms with Gasteiger partial charge in [-0.05, 0) is 0 Å². The molecule has 0 fully saturated rings. The van der Waals surface area contributed by atoms with Crippen LogP contribution in [0.25, 0.3) is 0 Å². The normalized spacial score (nSPS) is 9.96. The van der Waals surface area contributed by atoms with Crippen molar-refractivity contribution in [3.63, 3.8) is 0 Å². The van der Waals surface area contributed by atoms with E-state index in [0.717, 1.165) is 12.8 Å². The van der Waals surface area contributed by atoms with Crippen molar-refractivity contribution in [2.24, 2.45) is 0 Å². The fraction of sp³-hybridized carbons (Fsp3) is 0.333. The summed E-state index contributed by atoms with van der Waals surface area (Å²) < 4.78 is 2.70. The molecule has 0 aromatic heterocycles. The van der Waals surface area contributed by atoms with Crippen LogP contribution in [0.4, 0.5) is 0 Å². The molecule has 2 aromatic rings. The van der Waals surface area contributed by atoms with E-state index in [-0.39, 0.29) is 21.1 Å².